The Balaban J connectivity index is 1.80. The van der Waals surface area contributed by atoms with E-state index in [0.29, 0.717) is 12.2 Å². The Morgan fingerprint density at radius 2 is 2.08 bits per heavy atom. The van der Waals surface area contributed by atoms with Gasteiger partial charge in [0.1, 0.15) is 11.5 Å². The van der Waals surface area contributed by atoms with E-state index in [4.69, 9.17) is 0 Å². The van der Waals surface area contributed by atoms with E-state index >= 15 is 0 Å². The Kier molecular flexibility index (Phi) is 5.60. The second-order valence-electron chi connectivity index (χ2n) is 7.01. The predicted octanol–water partition coefficient (Wildman–Crippen LogP) is 2.72. The number of carbonyl (C=O) groups is 1. The molecule has 0 aliphatic carbocycles. The van der Waals surface area contributed by atoms with E-state index in [0.717, 1.165) is 41.8 Å². The fourth-order valence-corrected chi connectivity index (χ4v) is 3.90. The van der Waals surface area contributed by atoms with Crippen molar-refractivity contribution in [1.82, 2.24) is 20.0 Å². The van der Waals surface area contributed by atoms with Crippen LogP contribution < -0.4 is 5.32 Å². The molecule has 26 heavy (non-hydrogen) atoms. The van der Waals surface area contributed by atoms with Gasteiger partial charge >= 0.3 is 0 Å². The van der Waals surface area contributed by atoms with Crippen LogP contribution in [0.15, 0.2) is 28.7 Å². The van der Waals surface area contributed by atoms with Gasteiger partial charge in [0.15, 0.2) is 0 Å². The molecule has 0 saturated carbocycles. The first-order valence-corrected chi connectivity index (χ1v) is 9.56. The van der Waals surface area contributed by atoms with E-state index in [1.165, 1.54) is 12.1 Å². The Bertz CT molecular complexity index is 805. The van der Waals surface area contributed by atoms with Gasteiger partial charge in [-0.2, -0.15) is 5.10 Å². The Labute approximate surface area is 161 Å². The summed E-state index contributed by atoms with van der Waals surface area (Å²) in [5.74, 6) is -0.217. The molecule has 0 radical (unpaired) electrons. The molecule has 1 unspecified atom stereocenters. The number of halogens is 2. The predicted molar refractivity (Wildman–Crippen MR) is 103 cm³/mol. The maximum Gasteiger partial charge on any atom is 0.205 e. The molecule has 1 aliphatic heterocycles. The minimum absolute atomic E-state index is 0.0133. The van der Waals surface area contributed by atoms with Crippen molar-refractivity contribution in [2.24, 2.45) is 7.05 Å². The fourth-order valence-electron chi connectivity index (χ4n) is 3.38. The smallest absolute Gasteiger partial charge is 0.205 e. The van der Waals surface area contributed by atoms with Crippen LogP contribution in [0.25, 0.3) is 0 Å². The molecule has 3 rings (SSSR count). The topological polar surface area (TPSA) is 50.2 Å². The van der Waals surface area contributed by atoms with Crippen molar-refractivity contribution in [3.05, 3.63) is 51.5 Å². The standard InChI is InChI=1S/C19H24BrFN4O/c1-13-16(20)17(23-24(13)3)18(26)19(2)12-22-9-11-25(19)10-8-14-4-6-15(21)7-5-14/h4-7,22H,8-12H2,1-3H3. The lowest BCUT2D eigenvalue weighted by atomic mass is 9.89. The minimum atomic E-state index is -0.665. The number of nitrogens with zero attached hydrogens (tertiary/aromatic N) is 3. The molecule has 0 spiro atoms. The van der Waals surface area contributed by atoms with Gasteiger partial charge in [0.25, 0.3) is 0 Å². The van der Waals surface area contributed by atoms with E-state index in [9.17, 15) is 9.18 Å². The van der Waals surface area contributed by atoms with E-state index in [-0.39, 0.29) is 11.6 Å². The average molecular weight is 423 g/mol. The molecular weight excluding hydrogens is 399 g/mol. The monoisotopic (exact) mass is 422 g/mol. The number of ketones is 1. The lowest BCUT2D eigenvalue weighted by Gasteiger charge is -2.43. The third kappa shape index (κ3) is 3.61. The zero-order valence-electron chi connectivity index (χ0n) is 15.4. The Morgan fingerprint density at radius 1 is 1.38 bits per heavy atom. The van der Waals surface area contributed by atoms with E-state index in [1.807, 2.05) is 20.9 Å². The summed E-state index contributed by atoms with van der Waals surface area (Å²) < 4.78 is 15.6. The molecule has 1 N–H and O–H groups in total. The van der Waals surface area contributed by atoms with Gasteiger partial charge in [0, 0.05) is 38.9 Å². The van der Waals surface area contributed by atoms with Gasteiger partial charge in [0.2, 0.25) is 5.78 Å². The highest BCUT2D eigenvalue weighted by Gasteiger charge is 2.43. The lowest BCUT2D eigenvalue weighted by Crippen LogP contribution is -2.64. The molecule has 5 nitrogen and oxygen atoms in total. The first-order valence-electron chi connectivity index (χ1n) is 8.77. The van der Waals surface area contributed by atoms with Gasteiger partial charge in [-0.25, -0.2) is 4.39 Å². The van der Waals surface area contributed by atoms with Gasteiger partial charge in [-0.3, -0.25) is 14.4 Å². The summed E-state index contributed by atoms with van der Waals surface area (Å²) in [6, 6.07) is 6.56. The van der Waals surface area contributed by atoms with Crippen molar-refractivity contribution in [2.45, 2.75) is 25.8 Å². The second-order valence-corrected chi connectivity index (χ2v) is 7.81. The van der Waals surface area contributed by atoms with Crippen molar-refractivity contribution in [3.63, 3.8) is 0 Å². The minimum Gasteiger partial charge on any atom is -0.313 e. The molecule has 140 valence electrons. The van der Waals surface area contributed by atoms with Crippen LogP contribution >= 0.6 is 15.9 Å². The van der Waals surface area contributed by atoms with Crippen molar-refractivity contribution >= 4 is 21.7 Å². The van der Waals surface area contributed by atoms with E-state index in [2.05, 4.69) is 31.2 Å². The van der Waals surface area contributed by atoms with Crippen LogP contribution in [-0.4, -0.2) is 52.2 Å². The number of carbonyl (C=O) groups excluding carboxylic acids is 1. The third-order valence-corrected chi connectivity index (χ3v) is 6.22. The van der Waals surface area contributed by atoms with Crippen molar-refractivity contribution < 1.29 is 9.18 Å². The van der Waals surface area contributed by atoms with Gasteiger partial charge in [-0.05, 0) is 53.9 Å². The van der Waals surface area contributed by atoms with Gasteiger partial charge in [-0.1, -0.05) is 12.1 Å². The van der Waals surface area contributed by atoms with Crippen LogP contribution in [0.3, 0.4) is 0 Å². The fraction of sp³-hybridized carbons (Fsp3) is 0.474. The molecule has 1 fully saturated rings. The SMILES string of the molecule is Cc1c(Br)c(C(=O)C2(C)CNCCN2CCc2ccc(F)cc2)nn1C. The zero-order chi connectivity index (χ0) is 18.9. The summed E-state index contributed by atoms with van der Waals surface area (Å²) in [4.78, 5) is 15.6. The number of benzene rings is 1. The highest BCUT2D eigenvalue weighted by Crippen LogP contribution is 2.28. The van der Waals surface area contributed by atoms with Crippen LogP contribution in [0.1, 0.15) is 28.7 Å². The molecule has 1 aromatic carbocycles. The summed E-state index contributed by atoms with van der Waals surface area (Å²) in [5.41, 5.74) is 1.80. The van der Waals surface area contributed by atoms with Crippen LogP contribution in [0.4, 0.5) is 4.39 Å². The number of aryl methyl sites for hydroxylation is 1. The quantitative estimate of drug-likeness (QED) is 0.752. The number of nitrogens with one attached hydrogen (secondary N) is 1. The summed E-state index contributed by atoms with van der Waals surface area (Å²) in [7, 11) is 1.84. The Hall–Kier alpha value is -1.57. The van der Waals surface area contributed by atoms with Gasteiger partial charge < -0.3 is 5.32 Å². The molecule has 1 aliphatic rings. The molecule has 1 atom stereocenters. The van der Waals surface area contributed by atoms with E-state index < -0.39 is 5.54 Å². The highest BCUT2D eigenvalue weighted by atomic mass is 79.9. The van der Waals surface area contributed by atoms with E-state index in [1.54, 1.807) is 16.8 Å². The number of hydrogen-bond acceptors (Lipinski definition) is 4. The summed E-state index contributed by atoms with van der Waals surface area (Å²) in [6.45, 7) is 6.85. The molecular formula is C19H24BrFN4O. The molecule has 7 heteroatoms. The molecule has 2 heterocycles. The second kappa shape index (κ2) is 7.58. The summed E-state index contributed by atoms with van der Waals surface area (Å²) in [6.07, 6.45) is 0.769. The van der Waals surface area contributed by atoms with Crippen LogP contribution in [0.5, 0.6) is 0 Å². The van der Waals surface area contributed by atoms with Gasteiger partial charge in [0.05, 0.1) is 10.0 Å². The van der Waals surface area contributed by atoms with Crippen molar-refractivity contribution in [1.29, 1.82) is 0 Å². The average Bonchev–Trinajstić information content (AvgIpc) is 2.89. The number of hydrogen-bond donors (Lipinski definition) is 1. The Morgan fingerprint density at radius 3 is 2.69 bits per heavy atom. The number of aromatic nitrogens is 2. The summed E-state index contributed by atoms with van der Waals surface area (Å²) in [5, 5.41) is 7.76. The molecule has 1 saturated heterocycles. The van der Waals surface area contributed by atoms with Crippen LogP contribution in [0.2, 0.25) is 0 Å². The van der Waals surface area contributed by atoms with Crippen LogP contribution in [-0.2, 0) is 13.5 Å². The first-order chi connectivity index (χ1) is 12.3. The van der Waals surface area contributed by atoms with Crippen molar-refractivity contribution in [2.75, 3.05) is 26.2 Å². The van der Waals surface area contributed by atoms with Crippen molar-refractivity contribution in [3.8, 4) is 0 Å². The highest BCUT2D eigenvalue weighted by molar-refractivity contribution is 9.10. The normalized spacial score (nSPS) is 21.1. The third-order valence-electron chi connectivity index (χ3n) is 5.27. The number of piperazine rings is 1. The van der Waals surface area contributed by atoms with Crippen LogP contribution in [0, 0.1) is 12.7 Å². The number of rotatable bonds is 5. The first kappa shape index (κ1) is 19.2. The maximum absolute atomic E-state index is 13.3. The zero-order valence-corrected chi connectivity index (χ0v) is 16.9. The van der Waals surface area contributed by atoms with Gasteiger partial charge in [-0.15, -0.1) is 0 Å². The largest absolute Gasteiger partial charge is 0.313 e. The molecule has 0 amide bonds. The molecule has 1 aromatic heterocycles. The molecule has 2 aromatic rings. The maximum atomic E-state index is 13.3. The molecule has 0 bridgehead atoms. The number of Topliss-reactive ketones (excluding diaryl/α,β-unsaturated/α-hetero) is 1. The summed E-state index contributed by atoms with van der Waals surface area (Å²) >= 11 is 3.52. The lowest BCUT2D eigenvalue weighted by molar-refractivity contribution is 0.0493.